The molecule has 0 radical (unpaired) electrons. The molecule has 0 atom stereocenters. The second kappa shape index (κ2) is 9.71. The fourth-order valence-electron chi connectivity index (χ4n) is 2.63. The Morgan fingerprint density at radius 3 is 2.64 bits per heavy atom. The number of aromatic nitrogens is 1. The van der Waals surface area contributed by atoms with Crippen LogP contribution in [0.4, 0.5) is 5.69 Å². The number of carbonyl (C=O) groups excluding carboxylic acids is 2. The average Bonchev–Trinajstić information content (AvgIpc) is 3.09. The monoisotopic (exact) mass is 413 g/mol. The van der Waals surface area contributed by atoms with E-state index in [1.165, 1.54) is 9.60 Å². The lowest BCUT2D eigenvalue weighted by Gasteiger charge is -2.16. The first-order valence-corrected chi connectivity index (χ1v) is 10.9. The molecule has 0 bridgehead atoms. The van der Waals surface area contributed by atoms with Crippen LogP contribution in [0.3, 0.4) is 0 Å². The molecule has 146 valence electrons. The molecule has 2 aromatic carbocycles. The highest BCUT2D eigenvalue weighted by Gasteiger charge is 2.13. The Morgan fingerprint density at radius 1 is 1.14 bits per heavy atom. The normalized spacial score (nSPS) is 10.8. The number of anilines is 1. The Labute approximate surface area is 173 Å². The molecule has 7 heteroatoms. The number of nitrogens with one attached hydrogen (secondary N) is 1. The standard InChI is InChI=1S/C21H23N3O2S2/c1-15-9-11-16(12-10-15)22-19(25)14-24(2)20(26)8-5-13-27-21-23-17-6-3-4-7-18(17)28-21/h3-4,6-7,9-12H,5,8,13-14H2,1-2H3,(H,22,25). The molecule has 0 fully saturated rings. The molecule has 1 N–H and O–H groups in total. The molecule has 0 saturated heterocycles. The number of nitrogens with zero attached hydrogens (tertiary/aromatic N) is 2. The Bertz CT molecular complexity index is 921. The van der Waals surface area contributed by atoms with Crippen molar-refractivity contribution in [2.75, 3.05) is 24.7 Å². The van der Waals surface area contributed by atoms with E-state index in [-0.39, 0.29) is 18.4 Å². The van der Waals surface area contributed by atoms with Crippen LogP contribution in [0.5, 0.6) is 0 Å². The van der Waals surface area contributed by atoms with Crippen molar-refractivity contribution in [2.24, 2.45) is 0 Å². The van der Waals surface area contributed by atoms with Crippen LogP contribution in [0, 0.1) is 6.92 Å². The third-order valence-corrected chi connectivity index (χ3v) is 6.44. The highest BCUT2D eigenvalue weighted by Crippen LogP contribution is 2.29. The molecule has 0 spiro atoms. The number of aryl methyl sites for hydroxylation is 1. The van der Waals surface area contributed by atoms with Crippen LogP contribution >= 0.6 is 23.1 Å². The van der Waals surface area contributed by atoms with Crippen molar-refractivity contribution in [3.63, 3.8) is 0 Å². The minimum absolute atomic E-state index is 0.0241. The minimum atomic E-state index is -0.191. The van der Waals surface area contributed by atoms with Crippen LogP contribution in [0.2, 0.25) is 0 Å². The van der Waals surface area contributed by atoms with Crippen molar-refractivity contribution in [3.05, 3.63) is 54.1 Å². The molecule has 28 heavy (non-hydrogen) atoms. The first-order valence-electron chi connectivity index (χ1n) is 9.10. The first-order chi connectivity index (χ1) is 13.5. The number of hydrogen-bond acceptors (Lipinski definition) is 5. The van der Waals surface area contributed by atoms with Gasteiger partial charge in [-0.15, -0.1) is 11.3 Å². The van der Waals surface area contributed by atoms with E-state index in [9.17, 15) is 9.59 Å². The molecule has 1 heterocycles. The van der Waals surface area contributed by atoms with Crippen LogP contribution in [-0.4, -0.2) is 41.0 Å². The number of amides is 2. The topological polar surface area (TPSA) is 62.3 Å². The van der Waals surface area contributed by atoms with E-state index in [4.69, 9.17) is 0 Å². The molecule has 0 aliphatic heterocycles. The van der Waals surface area contributed by atoms with E-state index in [0.29, 0.717) is 6.42 Å². The molecule has 3 rings (SSSR count). The number of benzene rings is 2. The highest BCUT2D eigenvalue weighted by atomic mass is 32.2. The smallest absolute Gasteiger partial charge is 0.243 e. The number of thiazole rings is 1. The van der Waals surface area contributed by atoms with Gasteiger partial charge in [0.2, 0.25) is 11.8 Å². The third kappa shape index (κ3) is 5.81. The SMILES string of the molecule is Cc1ccc(NC(=O)CN(C)C(=O)CCCSc2nc3ccccc3s2)cc1. The second-order valence-corrected chi connectivity index (χ2v) is 8.94. The maximum absolute atomic E-state index is 12.3. The Balaban J connectivity index is 1.37. The Morgan fingerprint density at radius 2 is 1.89 bits per heavy atom. The quantitative estimate of drug-likeness (QED) is 0.434. The van der Waals surface area contributed by atoms with Gasteiger partial charge < -0.3 is 10.2 Å². The largest absolute Gasteiger partial charge is 0.336 e. The van der Waals surface area contributed by atoms with Gasteiger partial charge in [-0.1, -0.05) is 41.6 Å². The number of carbonyl (C=O) groups is 2. The fraction of sp³-hybridized carbons (Fsp3) is 0.286. The van der Waals surface area contributed by atoms with Gasteiger partial charge in [0.1, 0.15) is 0 Å². The van der Waals surface area contributed by atoms with Crippen LogP contribution in [0.15, 0.2) is 52.9 Å². The third-order valence-electron chi connectivity index (χ3n) is 4.18. The van der Waals surface area contributed by atoms with E-state index in [1.54, 1.807) is 30.1 Å². The molecule has 5 nitrogen and oxygen atoms in total. The summed E-state index contributed by atoms with van der Waals surface area (Å²) >= 11 is 3.35. The summed E-state index contributed by atoms with van der Waals surface area (Å²) in [7, 11) is 1.66. The summed E-state index contributed by atoms with van der Waals surface area (Å²) in [5, 5.41) is 2.81. The number of rotatable bonds is 8. The predicted molar refractivity (Wildman–Crippen MR) is 117 cm³/mol. The van der Waals surface area contributed by atoms with E-state index in [2.05, 4.69) is 16.4 Å². The molecule has 0 unspecified atom stereocenters. The molecule has 0 aliphatic carbocycles. The van der Waals surface area contributed by atoms with Crippen molar-refractivity contribution in [1.29, 1.82) is 0 Å². The van der Waals surface area contributed by atoms with Crippen molar-refractivity contribution in [2.45, 2.75) is 24.1 Å². The van der Waals surface area contributed by atoms with Gasteiger partial charge in [0.15, 0.2) is 4.34 Å². The van der Waals surface area contributed by atoms with E-state index in [0.717, 1.165) is 33.3 Å². The number of hydrogen-bond donors (Lipinski definition) is 1. The number of para-hydroxylation sites is 1. The van der Waals surface area contributed by atoms with Crippen LogP contribution in [0.1, 0.15) is 18.4 Å². The lowest BCUT2D eigenvalue weighted by molar-refractivity contribution is -0.133. The van der Waals surface area contributed by atoms with Gasteiger partial charge in [-0.05, 0) is 37.6 Å². The number of likely N-dealkylation sites (N-methyl/N-ethyl adjacent to an activating group) is 1. The zero-order chi connectivity index (χ0) is 19.9. The van der Waals surface area contributed by atoms with Crippen molar-refractivity contribution >= 4 is 50.8 Å². The zero-order valence-corrected chi connectivity index (χ0v) is 17.6. The fourth-order valence-corrected chi connectivity index (χ4v) is 4.71. The van der Waals surface area contributed by atoms with Crippen LogP contribution < -0.4 is 5.32 Å². The lowest BCUT2D eigenvalue weighted by Crippen LogP contribution is -2.34. The van der Waals surface area contributed by atoms with Gasteiger partial charge in [0.25, 0.3) is 0 Å². The van der Waals surface area contributed by atoms with E-state index in [1.807, 2.05) is 49.4 Å². The van der Waals surface area contributed by atoms with Gasteiger partial charge in [0.05, 0.1) is 16.8 Å². The highest BCUT2D eigenvalue weighted by molar-refractivity contribution is 8.01. The molecule has 0 saturated carbocycles. The Hall–Kier alpha value is -2.38. The van der Waals surface area contributed by atoms with Crippen LogP contribution in [-0.2, 0) is 9.59 Å². The Kier molecular flexibility index (Phi) is 7.06. The number of fused-ring (bicyclic) bond motifs is 1. The summed E-state index contributed by atoms with van der Waals surface area (Å²) in [5.74, 6) is 0.613. The summed E-state index contributed by atoms with van der Waals surface area (Å²) in [5.41, 5.74) is 2.89. The molecule has 0 aliphatic rings. The molecule has 1 aromatic heterocycles. The van der Waals surface area contributed by atoms with E-state index >= 15 is 0 Å². The van der Waals surface area contributed by atoms with Gasteiger partial charge in [-0.25, -0.2) is 4.98 Å². The van der Waals surface area contributed by atoms with Crippen molar-refractivity contribution in [3.8, 4) is 0 Å². The molecule has 3 aromatic rings. The minimum Gasteiger partial charge on any atom is -0.336 e. The van der Waals surface area contributed by atoms with Crippen LogP contribution in [0.25, 0.3) is 10.2 Å². The zero-order valence-electron chi connectivity index (χ0n) is 16.0. The van der Waals surface area contributed by atoms with Gasteiger partial charge in [-0.3, -0.25) is 9.59 Å². The van der Waals surface area contributed by atoms with Gasteiger partial charge >= 0.3 is 0 Å². The summed E-state index contributed by atoms with van der Waals surface area (Å²) < 4.78 is 2.21. The average molecular weight is 414 g/mol. The maximum atomic E-state index is 12.3. The molecule has 2 amide bonds. The predicted octanol–water partition coefficient (Wildman–Crippen LogP) is 4.57. The number of thioether (sulfide) groups is 1. The van der Waals surface area contributed by atoms with Crippen molar-refractivity contribution in [1.82, 2.24) is 9.88 Å². The van der Waals surface area contributed by atoms with Crippen molar-refractivity contribution < 1.29 is 9.59 Å². The lowest BCUT2D eigenvalue weighted by atomic mass is 10.2. The van der Waals surface area contributed by atoms with Gasteiger partial charge in [-0.2, -0.15) is 0 Å². The summed E-state index contributed by atoms with van der Waals surface area (Å²) in [6.07, 6.45) is 1.18. The molecular formula is C21H23N3O2S2. The van der Waals surface area contributed by atoms with Gasteiger partial charge in [0, 0.05) is 24.9 Å². The maximum Gasteiger partial charge on any atom is 0.243 e. The summed E-state index contributed by atoms with van der Waals surface area (Å²) in [6, 6.07) is 15.7. The summed E-state index contributed by atoms with van der Waals surface area (Å²) in [6.45, 7) is 2.05. The summed E-state index contributed by atoms with van der Waals surface area (Å²) in [4.78, 5) is 30.4. The van der Waals surface area contributed by atoms with E-state index < -0.39 is 0 Å². The first kappa shape index (κ1) is 20.4. The second-order valence-electron chi connectivity index (χ2n) is 6.56. The molecular weight excluding hydrogens is 390 g/mol.